The zero-order chi connectivity index (χ0) is 8.97. The van der Waals surface area contributed by atoms with E-state index in [1.807, 2.05) is 13.0 Å². The summed E-state index contributed by atoms with van der Waals surface area (Å²) in [5.41, 5.74) is 1.60. The number of hydrogen-bond acceptors (Lipinski definition) is 2. The molecule has 0 saturated carbocycles. The molecular formula is C9H8N2O. The molecule has 12 heavy (non-hydrogen) atoms. The van der Waals surface area contributed by atoms with E-state index in [9.17, 15) is 4.79 Å². The SMILES string of the molecule is Cc1cc(=O)[nH]cc1C=CC#N. The van der Waals surface area contributed by atoms with Crippen LogP contribution in [0.4, 0.5) is 0 Å². The Kier molecular flexibility index (Phi) is 2.44. The highest BCUT2D eigenvalue weighted by Gasteiger charge is 1.92. The summed E-state index contributed by atoms with van der Waals surface area (Å²) in [5.74, 6) is 0. The molecule has 0 aliphatic heterocycles. The Bertz CT molecular complexity index is 396. The number of pyridine rings is 1. The highest BCUT2D eigenvalue weighted by Crippen LogP contribution is 2.04. The maximum Gasteiger partial charge on any atom is 0.248 e. The summed E-state index contributed by atoms with van der Waals surface area (Å²) in [7, 11) is 0. The second-order valence-corrected chi connectivity index (χ2v) is 2.40. The van der Waals surface area contributed by atoms with Gasteiger partial charge in [0, 0.05) is 18.3 Å². The Morgan fingerprint density at radius 2 is 2.42 bits per heavy atom. The fourth-order valence-corrected chi connectivity index (χ4v) is 0.891. The van der Waals surface area contributed by atoms with Crippen LogP contribution < -0.4 is 5.56 Å². The van der Waals surface area contributed by atoms with E-state index in [0.29, 0.717) is 0 Å². The van der Waals surface area contributed by atoms with Crippen molar-refractivity contribution in [3.63, 3.8) is 0 Å². The Morgan fingerprint density at radius 3 is 3.00 bits per heavy atom. The van der Waals surface area contributed by atoms with Gasteiger partial charge in [0.05, 0.1) is 6.07 Å². The molecule has 3 nitrogen and oxygen atoms in total. The van der Waals surface area contributed by atoms with Crippen LogP contribution in [0.1, 0.15) is 11.1 Å². The average Bonchev–Trinajstić information content (AvgIpc) is 2.03. The molecule has 0 bridgehead atoms. The van der Waals surface area contributed by atoms with Gasteiger partial charge < -0.3 is 4.98 Å². The van der Waals surface area contributed by atoms with Gasteiger partial charge >= 0.3 is 0 Å². The van der Waals surface area contributed by atoms with Crippen LogP contribution in [0.3, 0.4) is 0 Å². The van der Waals surface area contributed by atoms with Crippen LogP contribution in [0.2, 0.25) is 0 Å². The molecule has 0 fully saturated rings. The Balaban J connectivity index is 3.12. The fourth-order valence-electron chi connectivity index (χ4n) is 0.891. The highest BCUT2D eigenvalue weighted by atomic mass is 16.1. The van der Waals surface area contributed by atoms with E-state index in [1.54, 1.807) is 12.3 Å². The van der Waals surface area contributed by atoms with E-state index in [2.05, 4.69) is 4.98 Å². The van der Waals surface area contributed by atoms with Crippen LogP contribution in [0.5, 0.6) is 0 Å². The molecule has 0 aliphatic rings. The molecule has 60 valence electrons. The number of aromatic nitrogens is 1. The molecule has 1 N–H and O–H groups in total. The summed E-state index contributed by atoms with van der Waals surface area (Å²) in [4.78, 5) is 13.3. The van der Waals surface area contributed by atoms with Crippen molar-refractivity contribution < 1.29 is 0 Å². The van der Waals surface area contributed by atoms with Crippen molar-refractivity contribution in [2.75, 3.05) is 0 Å². The van der Waals surface area contributed by atoms with Crippen LogP contribution in [-0.2, 0) is 0 Å². The molecule has 0 saturated heterocycles. The lowest BCUT2D eigenvalue weighted by Gasteiger charge is -1.95. The number of nitrogens with one attached hydrogen (secondary N) is 1. The second kappa shape index (κ2) is 3.54. The van der Waals surface area contributed by atoms with E-state index in [0.717, 1.165) is 11.1 Å². The predicted molar refractivity (Wildman–Crippen MR) is 46.4 cm³/mol. The van der Waals surface area contributed by atoms with Gasteiger partial charge in [-0.3, -0.25) is 4.79 Å². The smallest absolute Gasteiger partial charge is 0.248 e. The predicted octanol–water partition coefficient (Wildman–Crippen LogP) is 1.22. The molecule has 1 heterocycles. The summed E-state index contributed by atoms with van der Waals surface area (Å²) in [6, 6.07) is 3.38. The van der Waals surface area contributed by atoms with Gasteiger partial charge in [-0.2, -0.15) is 5.26 Å². The number of aromatic amines is 1. The van der Waals surface area contributed by atoms with Crippen LogP contribution in [-0.4, -0.2) is 4.98 Å². The summed E-state index contributed by atoms with van der Waals surface area (Å²) in [5, 5.41) is 8.26. The third kappa shape index (κ3) is 1.83. The molecule has 0 spiro atoms. The van der Waals surface area contributed by atoms with Gasteiger partial charge in [-0.1, -0.05) is 0 Å². The quantitative estimate of drug-likeness (QED) is 0.628. The second-order valence-electron chi connectivity index (χ2n) is 2.40. The molecule has 0 unspecified atom stereocenters. The van der Waals surface area contributed by atoms with Crippen molar-refractivity contribution in [1.29, 1.82) is 5.26 Å². The van der Waals surface area contributed by atoms with Crippen LogP contribution in [0.15, 0.2) is 23.1 Å². The summed E-state index contributed by atoms with van der Waals surface area (Å²) >= 11 is 0. The highest BCUT2D eigenvalue weighted by molar-refractivity contribution is 5.53. The topological polar surface area (TPSA) is 56.6 Å². The molecule has 3 heteroatoms. The number of nitrogens with zero attached hydrogens (tertiary/aromatic N) is 1. The lowest BCUT2D eigenvalue weighted by atomic mass is 10.1. The minimum absolute atomic E-state index is 0.124. The molecule has 0 aliphatic carbocycles. The summed E-state index contributed by atoms with van der Waals surface area (Å²) in [6.07, 6.45) is 4.62. The van der Waals surface area contributed by atoms with E-state index in [1.165, 1.54) is 12.1 Å². The van der Waals surface area contributed by atoms with Crippen molar-refractivity contribution in [2.24, 2.45) is 0 Å². The van der Waals surface area contributed by atoms with Crippen molar-refractivity contribution >= 4 is 6.08 Å². The fraction of sp³-hybridized carbons (Fsp3) is 0.111. The van der Waals surface area contributed by atoms with Crippen LogP contribution in [0, 0.1) is 18.3 Å². The molecule has 0 amide bonds. The minimum Gasteiger partial charge on any atom is -0.328 e. The first-order chi connectivity index (χ1) is 5.74. The van der Waals surface area contributed by atoms with Crippen molar-refractivity contribution in [3.05, 3.63) is 39.8 Å². The molecule has 1 rings (SSSR count). The van der Waals surface area contributed by atoms with Gasteiger partial charge in [0.2, 0.25) is 5.56 Å². The van der Waals surface area contributed by atoms with Crippen LogP contribution in [0.25, 0.3) is 6.08 Å². The molecule has 0 radical (unpaired) electrons. The molecule has 0 atom stereocenters. The van der Waals surface area contributed by atoms with E-state index in [-0.39, 0.29) is 5.56 Å². The summed E-state index contributed by atoms with van der Waals surface area (Å²) in [6.45, 7) is 1.83. The van der Waals surface area contributed by atoms with Gasteiger partial charge in [-0.25, -0.2) is 0 Å². The van der Waals surface area contributed by atoms with Crippen LogP contribution >= 0.6 is 0 Å². The van der Waals surface area contributed by atoms with E-state index >= 15 is 0 Å². The first-order valence-corrected chi connectivity index (χ1v) is 3.49. The van der Waals surface area contributed by atoms with Gasteiger partial charge in [-0.15, -0.1) is 0 Å². The number of rotatable bonds is 1. The maximum absolute atomic E-state index is 10.8. The molecular weight excluding hydrogens is 152 g/mol. The van der Waals surface area contributed by atoms with Crippen molar-refractivity contribution in [1.82, 2.24) is 4.98 Å². The zero-order valence-corrected chi connectivity index (χ0v) is 6.66. The normalized spacial score (nSPS) is 10.0. The van der Waals surface area contributed by atoms with Crippen molar-refractivity contribution in [2.45, 2.75) is 6.92 Å². The third-order valence-corrected chi connectivity index (χ3v) is 1.51. The number of hydrogen-bond donors (Lipinski definition) is 1. The first-order valence-electron chi connectivity index (χ1n) is 3.49. The Hall–Kier alpha value is -1.82. The standard InChI is InChI=1S/C9H8N2O/c1-7-5-9(12)11-6-8(7)3-2-4-10/h2-3,5-6H,1H3,(H,11,12). The number of allylic oxidation sites excluding steroid dienone is 1. The van der Waals surface area contributed by atoms with E-state index < -0.39 is 0 Å². The number of nitriles is 1. The van der Waals surface area contributed by atoms with Gasteiger partial charge in [0.1, 0.15) is 0 Å². The largest absolute Gasteiger partial charge is 0.328 e. The summed E-state index contributed by atoms with van der Waals surface area (Å²) < 4.78 is 0. The lowest BCUT2D eigenvalue weighted by molar-refractivity contribution is 1.20. The molecule has 1 aromatic rings. The monoisotopic (exact) mass is 160 g/mol. The maximum atomic E-state index is 10.8. The molecule has 1 aromatic heterocycles. The lowest BCUT2D eigenvalue weighted by Crippen LogP contribution is -2.04. The number of H-pyrrole nitrogens is 1. The average molecular weight is 160 g/mol. The van der Waals surface area contributed by atoms with Crippen molar-refractivity contribution in [3.8, 4) is 6.07 Å². The third-order valence-electron chi connectivity index (χ3n) is 1.51. The Labute approximate surface area is 70.0 Å². The Morgan fingerprint density at radius 1 is 1.67 bits per heavy atom. The minimum atomic E-state index is -0.124. The van der Waals surface area contributed by atoms with Gasteiger partial charge in [-0.05, 0) is 24.1 Å². The molecule has 0 aromatic carbocycles. The van der Waals surface area contributed by atoms with E-state index in [4.69, 9.17) is 5.26 Å². The first kappa shape index (κ1) is 8.28. The van der Waals surface area contributed by atoms with Gasteiger partial charge in [0.25, 0.3) is 0 Å². The zero-order valence-electron chi connectivity index (χ0n) is 6.66. The number of aryl methyl sites for hydroxylation is 1. The van der Waals surface area contributed by atoms with Gasteiger partial charge in [0.15, 0.2) is 0 Å².